The predicted octanol–water partition coefficient (Wildman–Crippen LogP) is 4.16. The van der Waals surface area contributed by atoms with Gasteiger partial charge in [-0.25, -0.2) is 4.39 Å². The molecule has 2 aromatic heterocycles. The number of carbonyl (C=O) groups is 2. The minimum atomic E-state index is -0.381. The van der Waals surface area contributed by atoms with E-state index in [-0.39, 0.29) is 42.6 Å². The number of carbonyl (C=O) groups excluding carboxylic acids is 2. The quantitative estimate of drug-likeness (QED) is 0.403. The lowest BCUT2D eigenvalue weighted by Crippen LogP contribution is -2.48. The highest BCUT2D eigenvalue weighted by Gasteiger charge is 2.34. The molecule has 1 aromatic carbocycles. The molecule has 0 fully saturated rings. The molecule has 1 aliphatic rings. The molecule has 0 saturated heterocycles. The molecule has 7 nitrogen and oxygen atoms in total. The molecule has 0 saturated carbocycles. The Bertz CT molecular complexity index is 1100. The molecular weight excluding hydrogens is 459 g/mol. The molecule has 180 valence electrons. The van der Waals surface area contributed by atoms with Gasteiger partial charge in [0.25, 0.3) is 5.91 Å². The Labute approximate surface area is 201 Å². The normalized spacial score (nSPS) is 15.1. The van der Waals surface area contributed by atoms with Crippen LogP contribution in [-0.4, -0.2) is 61.6 Å². The van der Waals surface area contributed by atoms with E-state index < -0.39 is 0 Å². The molecule has 0 spiro atoms. The number of furan rings is 1. The van der Waals surface area contributed by atoms with Crippen LogP contribution in [0.15, 0.2) is 58.5 Å². The Morgan fingerprint density at radius 2 is 2.15 bits per heavy atom. The second kappa shape index (κ2) is 11.3. The lowest BCUT2D eigenvalue weighted by molar-refractivity contribution is -0.135. The second-order valence-corrected chi connectivity index (χ2v) is 8.97. The van der Waals surface area contributed by atoms with Crippen molar-refractivity contribution in [3.63, 3.8) is 0 Å². The van der Waals surface area contributed by atoms with Gasteiger partial charge in [-0.15, -0.1) is 11.3 Å². The zero-order valence-electron chi connectivity index (χ0n) is 18.9. The highest BCUT2D eigenvalue weighted by molar-refractivity contribution is 7.10. The molecule has 0 bridgehead atoms. The van der Waals surface area contributed by atoms with Crippen LogP contribution >= 0.6 is 11.3 Å². The van der Waals surface area contributed by atoms with Gasteiger partial charge in [-0.1, -0.05) is 6.07 Å². The number of hydrogen-bond acceptors (Lipinski definition) is 6. The zero-order valence-corrected chi connectivity index (χ0v) is 19.8. The van der Waals surface area contributed by atoms with Gasteiger partial charge in [-0.05, 0) is 54.1 Å². The van der Waals surface area contributed by atoms with Crippen molar-refractivity contribution in [2.24, 2.45) is 0 Å². The largest absolute Gasteiger partial charge is 0.491 e. The molecule has 1 aliphatic heterocycles. The first-order valence-corrected chi connectivity index (χ1v) is 12.0. The maximum Gasteiger partial charge on any atom is 0.290 e. The van der Waals surface area contributed by atoms with E-state index in [1.54, 1.807) is 47.6 Å². The first-order valence-electron chi connectivity index (χ1n) is 11.1. The van der Waals surface area contributed by atoms with Gasteiger partial charge >= 0.3 is 0 Å². The van der Waals surface area contributed by atoms with Crippen molar-refractivity contribution in [3.8, 4) is 5.75 Å². The number of ether oxygens (including phenoxy) is 2. The van der Waals surface area contributed by atoms with E-state index in [2.05, 4.69) is 0 Å². The fourth-order valence-electron chi connectivity index (χ4n) is 4.07. The maximum atomic E-state index is 13.6. The van der Waals surface area contributed by atoms with Crippen molar-refractivity contribution in [1.82, 2.24) is 9.80 Å². The standard InChI is InChI=1S/C25H27FN2O5S/c1-31-12-4-10-27(25(30)22-7-3-13-32-22)16-24(29)28-11-8-23-20(9-14-34-23)21(28)17-33-19-6-2-5-18(26)15-19/h2-3,5-7,9,13-15,21H,4,8,10-12,16-17H2,1H3/t21-/m1/s1. The van der Waals surface area contributed by atoms with Crippen LogP contribution < -0.4 is 4.74 Å². The smallest absolute Gasteiger partial charge is 0.290 e. The minimum absolute atomic E-state index is 0.0841. The molecule has 1 atom stereocenters. The van der Waals surface area contributed by atoms with Crippen LogP contribution in [0, 0.1) is 5.82 Å². The third kappa shape index (κ3) is 5.66. The summed E-state index contributed by atoms with van der Waals surface area (Å²) in [5.41, 5.74) is 1.03. The topological polar surface area (TPSA) is 72.2 Å². The molecule has 3 aromatic rings. The number of nitrogens with zero attached hydrogens (tertiary/aromatic N) is 2. The number of halogens is 1. The number of thiophene rings is 1. The first-order chi connectivity index (χ1) is 16.6. The molecule has 34 heavy (non-hydrogen) atoms. The van der Waals surface area contributed by atoms with Crippen LogP contribution in [0.5, 0.6) is 5.75 Å². The molecule has 3 heterocycles. The zero-order chi connectivity index (χ0) is 23.9. The van der Waals surface area contributed by atoms with Gasteiger partial charge in [-0.3, -0.25) is 9.59 Å². The predicted molar refractivity (Wildman–Crippen MR) is 125 cm³/mol. The highest BCUT2D eigenvalue weighted by Crippen LogP contribution is 2.34. The Kier molecular flexibility index (Phi) is 7.97. The summed E-state index contributed by atoms with van der Waals surface area (Å²) in [7, 11) is 1.60. The number of fused-ring (bicyclic) bond motifs is 1. The minimum Gasteiger partial charge on any atom is -0.491 e. The van der Waals surface area contributed by atoms with Crippen LogP contribution in [0.2, 0.25) is 0 Å². The molecule has 2 amide bonds. The Morgan fingerprint density at radius 1 is 1.26 bits per heavy atom. The number of amides is 2. The number of hydrogen-bond donors (Lipinski definition) is 0. The average Bonchev–Trinajstić information content (AvgIpc) is 3.54. The van der Waals surface area contributed by atoms with Gasteiger partial charge in [0.15, 0.2) is 5.76 Å². The van der Waals surface area contributed by atoms with E-state index in [4.69, 9.17) is 13.9 Å². The van der Waals surface area contributed by atoms with Crippen molar-refractivity contribution in [2.75, 3.05) is 40.0 Å². The molecule has 4 rings (SSSR count). The van der Waals surface area contributed by atoms with Crippen molar-refractivity contribution in [1.29, 1.82) is 0 Å². The fraction of sp³-hybridized carbons (Fsp3) is 0.360. The van der Waals surface area contributed by atoms with Gasteiger partial charge in [0.05, 0.1) is 12.3 Å². The lowest BCUT2D eigenvalue weighted by Gasteiger charge is -2.37. The molecule has 0 aliphatic carbocycles. The summed E-state index contributed by atoms with van der Waals surface area (Å²) in [5, 5.41) is 2.01. The molecule has 0 unspecified atom stereocenters. The number of rotatable bonds is 10. The van der Waals surface area contributed by atoms with Crippen molar-refractivity contribution in [3.05, 3.63) is 76.1 Å². The van der Waals surface area contributed by atoms with E-state index >= 15 is 0 Å². The second-order valence-electron chi connectivity index (χ2n) is 7.97. The third-order valence-corrected chi connectivity index (χ3v) is 6.74. The van der Waals surface area contributed by atoms with E-state index in [0.29, 0.717) is 31.9 Å². The monoisotopic (exact) mass is 486 g/mol. The van der Waals surface area contributed by atoms with Crippen LogP contribution in [0.4, 0.5) is 4.39 Å². The summed E-state index contributed by atoms with van der Waals surface area (Å²) in [5.74, 6) is -0.301. The highest BCUT2D eigenvalue weighted by atomic mass is 32.1. The van der Waals surface area contributed by atoms with Crippen molar-refractivity contribution >= 4 is 23.2 Å². The van der Waals surface area contributed by atoms with E-state index in [0.717, 1.165) is 12.0 Å². The van der Waals surface area contributed by atoms with Crippen molar-refractivity contribution in [2.45, 2.75) is 18.9 Å². The molecular formula is C25H27FN2O5S. The fourth-order valence-corrected chi connectivity index (χ4v) is 5.00. The Morgan fingerprint density at radius 3 is 2.91 bits per heavy atom. The van der Waals surface area contributed by atoms with Crippen LogP contribution in [0.1, 0.15) is 33.5 Å². The number of benzene rings is 1. The summed E-state index contributed by atoms with van der Waals surface area (Å²) < 4.78 is 29.9. The maximum absolute atomic E-state index is 13.6. The van der Waals surface area contributed by atoms with Gasteiger partial charge in [-0.2, -0.15) is 0 Å². The lowest BCUT2D eigenvalue weighted by atomic mass is 10.0. The average molecular weight is 487 g/mol. The van der Waals surface area contributed by atoms with E-state index in [1.165, 1.54) is 28.2 Å². The SMILES string of the molecule is COCCCN(CC(=O)N1CCc2sccc2[C@H]1COc1cccc(F)c1)C(=O)c1ccco1. The Hall–Kier alpha value is -3.17. The molecule has 9 heteroatoms. The Balaban J connectivity index is 1.50. The molecule has 0 N–H and O–H groups in total. The van der Waals surface area contributed by atoms with Gasteiger partial charge in [0.2, 0.25) is 5.91 Å². The summed E-state index contributed by atoms with van der Waals surface area (Å²) >= 11 is 1.65. The summed E-state index contributed by atoms with van der Waals surface area (Å²) in [6.45, 7) is 1.46. The summed E-state index contributed by atoms with van der Waals surface area (Å²) in [6.07, 6.45) is 2.77. The van der Waals surface area contributed by atoms with E-state index in [9.17, 15) is 14.0 Å². The van der Waals surface area contributed by atoms with Gasteiger partial charge < -0.3 is 23.7 Å². The number of methoxy groups -OCH3 is 1. The summed E-state index contributed by atoms with van der Waals surface area (Å²) in [6, 6.07) is 10.9. The van der Waals surface area contributed by atoms with Crippen LogP contribution in [0.3, 0.4) is 0 Å². The van der Waals surface area contributed by atoms with Crippen LogP contribution in [0.25, 0.3) is 0 Å². The van der Waals surface area contributed by atoms with Crippen LogP contribution in [-0.2, 0) is 16.0 Å². The van der Waals surface area contributed by atoms with Gasteiger partial charge in [0, 0.05) is 37.7 Å². The third-order valence-electron chi connectivity index (χ3n) is 5.74. The molecule has 0 radical (unpaired) electrons. The van der Waals surface area contributed by atoms with E-state index in [1.807, 2.05) is 11.4 Å². The van der Waals surface area contributed by atoms with Gasteiger partial charge in [0.1, 0.15) is 24.7 Å². The summed E-state index contributed by atoms with van der Waals surface area (Å²) in [4.78, 5) is 30.9. The van der Waals surface area contributed by atoms with Crippen molar-refractivity contribution < 1.29 is 27.9 Å². The first kappa shape index (κ1) is 24.0.